The number of hydrogen-bond donors (Lipinski definition) is 1. The lowest BCUT2D eigenvalue weighted by atomic mass is 10.1. The number of fused-ring (bicyclic) bond motifs is 1. The number of rotatable bonds is 6. The van der Waals surface area contributed by atoms with Crippen molar-refractivity contribution in [3.05, 3.63) is 48.3 Å². The van der Waals surface area contributed by atoms with Gasteiger partial charge in [0.25, 0.3) is 0 Å². The van der Waals surface area contributed by atoms with Crippen LogP contribution in [-0.2, 0) is 22.5 Å². The van der Waals surface area contributed by atoms with Crippen LogP contribution in [0.2, 0.25) is 0 Å². The van der Waals surface area contributed by atoms with Gasteiger partial charge in [-0.3, -0.25) is 4.21 Å². The van der Waals surface area contributed by atoms with E-state index in [0.717, 1.165) is 45.1 Å². The maximum Gasteiger partial charge on any atom is 0.219 e. The molecule has 1 aliphatic heterocycles. The molecule has 2 N–H and O–H groups in total. The molecule has 0 radical (unpaired) electrons. The van der Waals surface area contributed by atoms with Crippen molar-refractivity contribution in [3.63, 3.8) is 0 Å². The topological polar surface area (TPSA) is 133 Å². The highest BCUT2D eigenvalue weighted by Gasteiger charge is 2.21. The summed E-state index contributed by atoms with van der Waals surface area (Å²) < 4.78 is 30.2. The maximum absolute atomic E-state index is 11.2. The molecular weight excluding hydrogens is 474 g/mol. The third kappa shape index (κ3) is 4.76. The first-order chi connectivity index (χ1) is 16.5. The Kier molecular flexibility index (Phi) is 6.48. The monoisotopic (exact) mass is 496 g/mol. The lowest BCUT2D eigenvalue weighted by Gasteiger charge is -2.28. The Morgan fingerprint density at radius 3 is 2.68 bits per heavy atom. The van der Waals surface area contributed by atoms with Crippen LogP contribution in [0.15, 0.2) is 42.7 Å². The minimum Gasteiger partial charge on any atom is -0.760 e. The van der Waals surface area contributed by atoms with Crippen LogP contribution in [0, 0.1) is 0 Å². The third-order valence-electron chi connectivity index (χ3n) is 5.47. The predicted octanol–water partition coefficient (Wildman–Crippen LogP) is 2.46. The number of ether oxygens (including phenoxy) is 1. The van der Waals surface area contributed by atoms with Gasteiger partial charge in [0, 0.05) is 48.2 Å². The van der Waals surface area contributed by atoms with E-state index in [2.05, 4.69) is 14.9 Å². The predicted molar refractivity (Wildman–Crippen MR) is 132 cm³/mol. The van der Waals surface area contributed by atoms with E-state index >= 15 is 0 Å². The number of thiophene rings is 1. The highest BCUT2D eigenvalue weighted by molar-refractivity contribution is 7.76. The molecule has 0 saturated carbocycles. The zero-order chi connectivity index (χ0) is 23.7. The van der Waals surface area contributed by atoms with Crippen LogP contribution in [0.5, 0.6) is 0 Å². The Hall–Kier alpha value is -3.03. The first-order valence-electron chi connectivity index (χ1n) is 10.6. The molecule has 1 aromatic carbocycles. The Labute approximate surface area is 202 Å². The number of anilines is 2. The summed E-state index contributed by atoms with van der Waals surface area (Å²) in [6.07, 6.45) is 3.25. The third-order valence-corrected chi connectivity index (χ3v) is 7.27. The summed E-state index contributed by atoms with van der Waals surface area (Å²) in [4.78, 5) is 21.1. The van der Waals surface area contributed by atoms with E-state index in [-0.39, 0.29) is 5.95 Å². The van der Waals surface area contributed by atoms with Crippen molar-refractivity contribution >= 4 is 44.6 Å². The molecule has 3 aromatic heterocycles. The van der Waals surface area contributed by atoms with E-state index < -0.39 is 11.3 Å². The first kappa shape index (κ1) is 22.7. The Balaban J connectivity index is 1.59. The van der Waals surface area contributed by atoms with Gasteiger partial charge >= 0.3 is 0 Å². The van der Waals surface area contributed by atoms with Crippen LogP contribution in [0.4, 0.5) is 11.8 Å². The number of aromatic nitrogens is 4. The molecule has 0 aliphatic carbocycles. The molecule has 1 fully saturated rings. The summed E-state index contributed by atoms with van der Waals surface area (Å²) >= 11 is -0.652. The molecule has 1 unspecified atom stereocenters. The van der Waals surface area contributed by atoms with Crippen LogP contribution < -0.4 is 10.6 Å². The minimum atomic E-state index is -2.27. The van der Waals surface area contributed by atoms with Gasteiger partial charge in [0.15, 0.2) is 11.6 Å². The number of nitrogens with two attached hydrogens (primary N) is 1. The fourth-order valence-electron chi connectivity index (χ4n) is 3.76. The highest BCUT2D eigenvalue weighted by Crippen LogP contribution is 2.39. The van der Waals surface area contributed by atoms with Crippen molar-refractivity contribution in [2.75, 3.05) is 44.0 Å². The molecule has 10 nitrogen and oxygen atoms in total. The largest absolute Gasteiger partial charge is 0.760 e. The van der Waals surface area contributed by atoms with E-state index in [4.69, 9.17) is 20.4 Å². The highest BCUT2D eigenvalue weighted by atomic mass is 32.2. The molecule has 176 valence electrons. The van der Waals surface area contributed by atoms with E-state index in [9.17, 15) is 8.76 Å². The van der Waals surface area contributed by atoms with Crippen molar-refractivity contribution < 1.29 is 13.5 Å². The van der Waals surface area contributed by atoms with E-state index in [1.807, 2.05) is 30.3 Å². The van der Waals surface area contributed by atoms with Crippen molar-refractivity contribution in [3.8, 4) is 21.8 Å². The van der Waals surface area contributed by atoms with Gasteiger partial charge < -0.3 is 19.9 Å². The fraction of sp³-hybridized carbons (Fsp3) is 0.273. The standard InChI is InChI=1S/C22H23N7O3S2/c1-28(34(30)31)13-14-3-2-4-15(9-14)18-10-17-19(33-18)21(29-5-7-32-8-6-29)27-20(26-17)16-11-24-22(23)25-12-16/h2-4,9-12H,5-8,13H2,1H3,(H,30,31)(H2,23,24,25)/p-1. The second-order valence-electron chi connectivity index (χ2n) is 7.83. The van der Waals surface area contributed by atoms with Crippen LogP contribution in [0.25, 0.3) is 32.0 Å². The molecule has 1 saturated heterocycles. The summed E-state index contributed by atoms with van der Waals surface area (Å²) in [7, 11) is 1.54. The Morgan fingerprint density at radius 1 is 1.18 bits per heavy atom. The number of morpholine rings is 1. The van der Waals surface area contributed by atoms with E-state index in [0.29, 0.717) is 31.1 Å². The van der Waals surface area contributed by atoms with E-state index in [1.165, 1.54) is 4.31 Å². The quantitative estimate of drug-likeness (QED) is 0.400. The van der Waals surface area contributed by atoms with Crippen LogP contribution in [0.3, 0.4) is 0 Å². The van der Waals surface area contributed by atoms with Crippen molar-refractivity contribution in [2.45, 2.75) is 6.54 Å². The summed E-state index contributed by atoms with van der Waals surface area (Å²) in [5.74, 6) is 1.59. The van der Waals surface area contributed by atoms with Gasteiger partial charge in [0.05, 0.1) is 29.0 Å². The summed E-state index contributed by atoms with van der Waals surface area (Å²) in [6.45, 7) is 3.06. The van der Waals surface area contributed by atoms with Gasteiger partial charge in [-0.1, -0.05) is 18.2 Å². The van der Waals surface area contributed by atoms with Gasteiger partial charge in [0.2, 0.25) is 5.95 Å². The molecule has 0 amide bonds. The summed E-state index contributed by atoms with van der Waals surface area (Å²) in [5, 5.41) is 0. The molecule has 5 rings (SSSR count). The molecule has 34 heavy (non-hydrogen) atoms. The van der Waals surface area contributed by atoms with Crippen molar-refractivity contribution in [1.82, 2.24) is 24.2 Å². The van der Waals surface area contributed by atoms with E-state index in [1.54, 1.807) is 30.8 Å². The SMILES string of the molecule is CN(Cc1cccc(-c2cc3nc(-c4cnc(N)nc4)nc(N4CCOCC4)c3s2)c1)S(=O)[O-]. The number of hydrogen-bond acceptors (Lipinski definition) is 10. The zero-order valence-corrected chi connectivity index (χ0v) is 20.0. The number of nitrogens with zero attached hydrogens (tertiary/aromatic N) is 6. The minimum absolute atomic E-state index is 0.197. The molecule has 1 aliphatic rings. The zero-order valence-electron chi connectivity index (χ0n) is 18.4. The Bertz CT molecular complexity index is 1340. The lowest BCUT2D eigenvalue weighted by Crippen LogP contribution is -2.36. The van der Waals surface area contributed by atoms with Crippen molar-refractivity contribution in [2.24, 2.45) is 0 Å². The van der Waals surface area contributed by atoms with Crippen LogP contribution >= 0.6 is 11.3 Å². The van der Waals surface area contributed by atoms with Gasteiger partial charge in [0.1, 0.15) is 0 Å². The molecule has 4 heterocycles. The van der Waals surface area contributed by atoms with Gasteiger partial charge in [-0.25, -0.2) is 24.2 Å². The van der Waals surface area contributed by atoms with Crippen LogP contribution in [0.1, 0.15) is 5.56 Å². The molecule has 1 atom stereocenters. The molecular formula is C22H22N7O3S2-. The average molecular weight is 497 g/mol. The first-order valence-corrected chi connectivity index (χ1v) is 12.4. The maximum atomic E-state index is 11.2. The molecule has 0 spiro atoms. The average Bonchev–Trinajstić information content (AvgIpc) is 3.29. The summed E-state index contributed by atoms with van der Waals surface area (Å²) in [5.41, 5.74) is 9.06. The van der Waals surface area contributed by atoms with Gasteiger partial charge in [-0.2, -0.15) is 0 Å². The summed E-state index contributed by atoms with van der Waals surface area (Å²) in [6, 6.07) is 9.91. The van der Waals surface area contributed by atoms with Crippen LogP contribution in [-0.4, -0.2) is 66.4 Å². The lowest BCUT2D eigenvalue weighted by molar-refractivity contribution is 0.122. The second-order valence-corrected chi connectivity index (χ2v) is 9.94. The fourth-order valence-corrected chi connectivity index (χ4v) is 5.13. The second kappa shape index (κ2) is 9.68. The number of benzene rings is 1. The normalized spacial score (nSPS) is 15.2. The molecule has 0 bridgehead atoms. The van der Waals surface area contributed by atoms with Gasteiger partial charge in [-0.15, -0.1) is 11.3 Å². The van der Waals surface area contributed by atoms with Crippen molar-refractivity contribution in [1.29, 1.82) is 0 Å². The smallest absolute Gasteiger partial charge is 0.219 e. The number of nitrogen functional groups attached to an aromatic ring is 1. The Morgan fingerprint density at radius 2 is 1.94 bits per heavy atom. The molecule has 4 aromatic rings. The molecule has 12 heteroatoms. The van der Waals surface area contributed by atoms with Gasteiger partial charge in [-0.05, 0) is 30.3 Å².